The van der Waals surface area contributed by atoms with Crippen molar-refractivity contribution in [1.82, 2.24) is 9.80 Å². The summed E-state index contributed by atoms with van der Waals surface area (Å²) in [6.07, 6.45) is 9.34. The molecule has 0 unspecified atom stereocenters. The lowest BCUT2D eigenvalue weighted by molar-refractivity contribution is -0.133. The summed E-state index contributed by atoms with van der Waals surface area (Å²) in [5, 5.41) is 0. The minimum absolute atomic E-state index is 0. The second kappa shape index (κ2) is 41.8. The molecule has 1 aromatic carbocycles. The molecule has 1 saturated heterocycles. The number of hydrogen-bond donors (Lipinski definition) is 0. The quantitative estimate of drug-likeness (QED) is 0.259. The predicted octanol–water partition coefficient (Wildman–Crippen LogP) is 14.3. The first-order valence-corrected chi connectivity index (χ1v) is 19.9. The highest BCUT2D eigenvalue weighted by molar-refractivity contribution is 5.76. The minimum atomic E-state index is 0. The Morgan fingerprint density at radius 1 is 0.646 bits per heavy atom. The Labute approximate surface area is 307 Å². The number of piperidine rings is 1. The minimum Gasteiger partial charge on any atom is -0.343 e. The number of likely N-dealkylation sites (tertiary alicyclic amines) is 1. The van der Waals surface area contributed by atoms with Crippen molar-refractivity contribution < 1.29 is 4.79 Å². The Morgan fingerprint density at radius 3 is 1.21 bits per heavy atom. The van der Waals surface area contributed by atoms with Crippen molar-refractivity contribution in [2.24, 2.45) is 35.5 Å². The van der Waals surface area contributed by atoms with E-state index in [2.05, 4.69) is 153 Å². The lowest BCUT2D eigenvalue weighted by Gasteiger charge is -2.35. The highest BCUT2D eigenvalue weighted by Gasteiger charge is 2.23. The zero-order valence-corrected chi connectivity index (χ0v) is 36.3. The van der Waals surface area contributed by atoms with E-state index in [1.165, 1.54) is 37.7 Å². The molecule has 1 aromatic rings. The Balaban J connectivity index is -0.000000117. The summed E-state index contributed by atoms with van der Waals surface area (Å²) in [4.78, 5) is 16.1. The summed E-state index contributed by atoms with van der Waals surface area (Å²) in [7, 11) is 4.10. The van der Waals surface area contributed by atoms with E-state index in [4.69, 9.17) is 0 Å². The summed E-state index contributed by atoms with van der Waals surface area (Å²) in [5.74, 6) is 5.07. The molecule has 1 heterocycles. The fraction of sp³-hybridized carbons (Fsp3) is 0.844. The van der Waals surface area contributed by atoms with Crippen molar-refractivity contribution in [2.45, 2.75) is 189 Å². The van der Waals surface area contributed by atoms with Crippen LogP contribution in [0.25, 0.3) is 0 Å². The molecule has 0 spiro atoms. The topological polar surface area (TPSA) is 23.6 Å². The Hall–Kier alpha value is -1.35. The van der Waals surface area contributed by atoms with Gasteiger partial charge in [0.2, 0.25) is 5.91 Å². The molecule has 0 atom stereocenters. The number of hydrogen-bond acceptors (Lipinski definition) is 2. The zero-order chi connectivity index (χ0) is 38.0. The van der Waals surface area contributed by atoms with Gasteiger partial charge in [-0.25, -0.2) is 0 Å². The molecule has 0 radical (unpaired) electrons. The van der Waals surface area contributed by atoms with Crippen LogP contribution >= 0.6 is 0 Å². The molecule has 3 heteroatoms. The average Bonchev–Trinajstić information content (AvgIpc) is 3.03. The molecule has 0 bridgehead atoms. The zero-order valence-electron chi connectivity index (χ0n) is 36.3. The van der Waals surface area contributed by atoms with Crippen LogP contribution in [-0.2, 0) is 11.2 Å². The van der Waals surface area contributed by atoms with Crippen LogP contribution in [0.4, 0.5) is 0 Å². The van der Waals surface area contributed by atoms with Crippen molar-refractivity contribution in [3.05, 3.63) is 35.9 Å². The molecule has 2 rings (SSSR count). The lowest BCUT2D eigenvalue weighted by Crippen LogP contribution is -2.44. The maximum atomic E-state index is 11.8. The van der Waals surface area contributed by atoms with E-state index in [9.17, 15) is 4.79 Å². The lowest BCUT2D eigenvalue weighted by atomic mass is 10.0. The van der Waals surface area contributed by atoms with Gasteiger partial charge in [0.05, 0.1) is 0 Å². The molecule has 3 nitrogen and oxygen atoms in total. The Morgan fingerprint density at radius 2 is 0.958 bits per heavy atom. The first-order chi connectivity index (χ1) is 21.9. The van der Waals surface area contributed by atoms with Crippen molar-refractivity contribution in [2.75, 3.05) is 27.2 Å². The van der Waals surface area contributed by atoms with Crippen molar-refractivity contribution in [3.8, 4) is 0 Å². The molecule has 292 valence electrons. The summed E-state index contributed by atoms with van der Waals surface area (Å²) < 4.78 is 0. The molecule has 0 saturated carbocycles. The van der Waals surface area contributed by atoms with Gasteiger partial charge in [0.1, 0.15) is 0 Å². The van der Waals surface area contributed by atoms with Gasteiger partial charge in [-0.1, -0.05) is 188 Å². The molecule has 1 aliphatic rings. The maximum Gasteiger partial charge on any atom is 0.222 e. The fourth-order valence-electron chi connectivity index (χ4n) is 3.16. The van der Waals surface area contributed by atoms with Crippen LogP contribution in [-0.4, -0.2) is 48.9 Å². The third kappa shape index (κ3) is 51.5. The van der Waals surface area contributed by atoms with E-state index in [-0.39, 0.29) is 7.43 Å². The standard InChI is InChI=1S/C12H24N2O.C10H14.4C5H12.C2H6.CH4/c1-10(2)9-12(15)14(4)11-5-7-13(3)8-6-11;1-9(2)8-10-6-4-3-5-7-10;4*1-4-5(2)3;1-2;/h10-11H,5-9H2,1-4H3;3-7,9H,8H2,1-2H3;4*5H,4H2,1-3H3;1-2H3;1H4. The first kappa shape index (κ1) is 58.8. The van der Waals surface area contributed by atoms with E-state index >= 15 is 0 Å². The molecule has 48 heavy (non-hydrogen) atoms. The van der Waals surface area contributed by atoms with Gasteiger partial charge in [-0.3, -0.25) is 4.79 Å². The van der Waals surface area contributed by atoms with Crippen LogP contribution < -0.4 is 0 Å². The highest BCUT2D eigenvalue weighted by atomic mass is 16.2. The number of carbonyl (C=O) groups is 1. The smallest absolute Gasteiger partial charge is 0.222 e. The van der Waals surface area contributed by atoms with E-state index in [1.807, 2.05) is 25.8 Å². The van der Waals surface area contributed by atoms with Gasteiger partial charge in [-0.15, -0.1) is 0 Å². The molecule has 1 aliphatic heterocycles. The Kier molecular flexibility index (Phi) is 51.3. The van der Waals surface area contributed by atoms with Crippen LogP contribution in [0.15, 0.2) is 30.3 Å². The second-order valence-electron chi connectivity index (χ2n) is 15.4. The van der Waals surface area contributed by atoms with Crippen LogP contribution in [0.3, 0.4) is 0 Å². The number of rotatable bonds is 9. The number of amides is 1. The van der Waals surface area contributed by atoms with Crippen LogP contribution in [0, 0.1) is 35.5 Å². The number of benzene rings is 1. The van der Waals surface area contributed by atoms with Gasteiger partial charge >= 0.3 is 0 Å². The third-order valence-electron chi connectivity index (χ3n) is 7.96. The summed E-state index contributed by atoms with van der Waals surface area (Å²) in [6.45, 7) is 41.5. The normalized spacial score (nSPS) is 12.4. The summed E-state index contributed by atoms with van der Waals surface area (Å²) >= 11 is 0. The fourth-order valence-corrected chi connectivity index (χ4v) is 3.16. The molecule has 1 fully saturated rings. The second-order valence-corrected chi connectivity index (χ2v) is 15.4. The average molecular weight is 681 g/mol. The van der Waals surface area contributed by atoms with Gasteiger partial charge in [-0.2, -0.15) is 0 Å². The largest absolute Gasteiger partial charge is 0.343 e. The molecular weight excluding hydrogens is 585 g/mol. The molecular formula is C45H96N2O. The molecule has 0 N–H and O–H groups in total. The highest BCUT2D eigenvalue weighted by Crippen LogP contribution is 2.16. The van der Waals surface area contributed by atoms with E-state index in [1.54, 1.807) is 0 Å². The van der Waals surface area contributed by atoms with Crippen molar-refractivity contribution in [1.29, 1.82) is 0 Å². The van der Waals surface area contributed by atoms with Crippen LogP contribution in [0.5, 0.6) is 0 Å². The molecule has 0 aromatic heterocycles. The monoisotopic (exact) mass is 681 g/mol. The number of carbonyl (C=O) groups excluding carboxylic acids is 1. The van der Waals surface area contributed by atoms with Gasteiger partial charge < -0.3 is 9.80 Å². The predicted molar refractivity (Wildman–Crippen MR) is 226 cm³/mol. The summed E-state index contributed by atoms with van der Waals surface area (Å²) in [6, 6.07) is 11.1. The summed E-state index contributed by atoms with van der Waals surface area (Å²) in [5.41, 5.74) is 1.44. The van der Waals surface area contributed by atoms with Gasteiger partial charge in [0, 0.05) is 19.5 Å². The van der Waals surface area contributed by atoms with Gasteiger partial charge in [0.25, 0.3) is 0 Å². The van der Waals surface area contributed by atoms with E-state index < -0.39 is 0 Å². The molecule has 0 aliphatic carbocycles. The Bertz CT molecular complexity index is 669. The first-order valence-electron chi connectivity index (χ1n) is 19.9. The molecule has 1 amide bonds. The van der Waals surface area contributed by atoms with Gasteiger partial charge in [-0.05, 0) is 80.5 Å². The SMILES string of the molecule is C.CC.CC(C)CC(=O)N(C)C1CCN(C)CC1.CC(C)Cc1ccccc1.CCC(C)C.CCC(C)C.CCC(C)C.CCC(C)C. The maximum absolute atomic E-state index is 11.8. The van der Waals surface area contributed by atoms with Crippen LogP contribution in [0.2, 0.25) is 0 Å². The third-order valence-corrected chi connectivity index (χ3v) is 7.96. The van der Waals surface area contributed by atoms with E-state index in [0.717, 1.165) is 55.5 Å². The van der Waals surface area contributed by atoms with Gasteiger partial charge in [0.15, 0.2) is 0 Å². The van der Waals surface area contributed by atoms with Crippen molar-refractivity contribution in [3.63, 3.8) is 0 Å². The van der Waals surface area contributed by atoms with Crippen molar-refractivity contribution >= 4 is 5.91 Å². The van der Waals surface area contributed by atoms with E-state index in [0.29, 0.717) is 24.3 Å². The van der Waals surface area contributed by atoms with Crippen LogP contribution in [0.1, 0.15) is 183 Å². The number of nitrogens with zero attached hydrogens (tertiary/aromatic N) is 2.